The number of anilines is 2. The Bertz CT molecular complexity index is 763. The molecule has 2 atom stereocenters. The molecule has 0 saturated carbocycles. The Morgan fingerprint density at radius 2 is 2.44 bits per heavy atom. The van der Waals surface area contributed by atoms with Crippen LogP contribution < -0.4 is 16.0 Å². The number of nitrogens with zero attached hydrogens (tertiary/aromatic N) is 2. The molecule has 0 unspecified atom stereocenters. The molecular weight excluding hydrogens is 386 g/mol. The molecule has 1 saturated heterocycles. The fourth-order valence-electron chi connectivity index (χ4n) is 3.24. The van der Waals surface area contributed by atoms with Gasteiger partial charge in [0.25, 0.3) is 5.91 Å². The summed E-state index contributed by atoms with van der Waals surface area (Å²) in [6, 6.07) is 0.152. The van der Waals surface area contributed by atoms with Crippen molar-refractivity contribution in [3.63, 3.8) is 0 Å². The number of pyridine rings is 1. The molecule has 0 aliphatic carbocycles. The Morgan fingerprint density at radius 3 is 3.16 bits per heavy atom. The summed E-state index contributed by atoms with van der Waals surface area (Å²) in [5.74, 6) is -0.177. The number of aromatic nitrogens is 2. The highest BCUT2D eigenvalue weighted by Crippen LogP contribution is 2.38. The fraction of sp³-hybridized carbons (Fsp3) is 0.529. The summed E-state index contributed by atoms with van der Waals surface area (Å²) in [6.45, 7) is 5.82. The Morgan fingerprint density at radius 1 is 1.64 bits per heavy atom. The summed E-state index contributed by atoms with van der Waals surface area (Å²) in [4.78, 5) is 22.2. The fourth-order valence-corrected chi connectivity index (χ4v) is 3.79. The van der Waals surface area contributed by atoms with Gasteiger partial charge in [0.15, 0.2) is 0 Å². The first-order valence-electron chi connectivity index (χ1n) is 8.59. The minimum Gasteiger partial charge on any atom is -0.369 e. The average Bonchev–Trinajstić information content (AvgIpc) is 2.98. The average molecular weight is 410 g/mol. The van der Waals surface area contributed by atoms with Gasteiger partial charge in [-0.15, -0.1) is 0 Å². The number of carbonyl (C=O) groups is 1. The van der Waals surface area contributed by atoms with Crippen LogP contribution in [-0.2, 0) is 9.53 Å². The monoisotopic (exact) mass is 409 g/mol. The van der Waals surface area contributed by atoms with Gasteiger partial charge in [-0.1, -0.05) is 0 Å². The third-order valence-electron chi connectivity index (χ3n) is 4.45. The van der Waals surface area contributed by atoms with Crippen LogP contribution in [0.25, 0.3) is 11.0 Å². The van der Waals surface area contributed by atoms with Crippen LogP contribution in [0.2, 0.25) is 0 Å². The second-order valence-electron chi connectivity index (χ2n) is 6.32. The van der Waals surface area contributed by atoms with Gasteiger partial charge < -0.3 is 25.7 Å². The number of hydrogen-bond acceptors (Lipinski definition) is 5. The molecule has 0 aromatic carbocycles. The van der Waals surface area contributed by atoms with E-state index in [1.807, 2.05) is 6.92 Å². The first-order chi connectivity index (χ1) is 12.0. The quantitative estimate of drug-likeness (QED) is 0.704. The van der Waals surface area contributed by atoms with E-state index in [2.05, 4.69) is 36.1 Å². The van der Waals surface area contributed by atoms with Crippen LogP contribution in [0.3, 0.4) is 0 Å². The predicted octanol–water partition coefficient (Wildman–Crippen LogP) is 2.62. The molecule has 1 aliphatic heterocycles. The van der Waals surface area contributed by atoms with E-state index in [4.69, 9.17) is 10.5 Å². The van der Waals surface area contributed by atoms with Crippen LogP contribution in [0.1, 0.15) is 26.7 Å². The number of nitrogens with two attached hydrogens (primary N) is 1. The summed E-state index contributed by atoms with van der Waals surface area (Å²) in [7, 11) is 0. The molecule has 1 aliphatic rings. The van der Waals surface area contributed by atoms with Crippen molar-refractivity contribution in [1.82, 2.24) is 9.97 Å². The summed E-state index contributed by atoms with van der Waals surface area (Å²) < 4.78 is 6.27. The van der Waals surface area contributed by atoms with E-state index >= 15 is 0 Å². The van der Waals surface area contributed by atoms with E-state index in [1.165, 1.54) is 0 Å². The van der Waals surface area contributed by atoms with Gasteiger partial charge in [-0.3, -0.25) is 4.79 Å². The standard InChI is InChI=1S/C17H24BrN5O2/c1-3-25-10(2)17(24)22-13-8-21-16-14(13)15(12(18)7-20-16)23-6-4-5-11(19)9-23/h7-8,10-11H,3-6,9,19H2,1-2H3,(H,20,21)(H,22,24)/t10-,11-/m1/s1. The maximum atomic E-state index is 12.4. The van der Waals surface area contributed by atoms with Gasteiger partial charge in [0.2, 0.25) is 0 Å². The van der Waals surface area contributed by atoms with Gasteiger partial charge >= 0.3 is 0 Å². The van der Waals surface area contributed by atoms with E-state index in [-0.39, 0.29) is 11.9 Å². The lowest BCUT2D eigenvalue weighted by atomic mass is 10.1. The van der Waals surface area contributed by atoms with Crippen molar-refractivity contribution in [2.45, 2.75) is 38.8 Å². The topological polar surface area (TPSA) is 96.3 Å². The second kappa shape index (κ2) is 7.72. The summed E-state index contributed by atoms with van der Waals surface area (Å²) in [5, 5.41) is 3.84. The molecule has 0 bridgehead atoms. The van der Waals surface area contributed by atoms with Crippen LogP contribution >= 0.6 is 15.9 Å². The minimum atomic E-state index is -0.512. The molecule has 2 aromatic heterocycles. The van der Waals surface area contributed by atoms with Crippen LogP contribution in [0.5, 0.6) is 0 Å². The zero-order valence-corrected chi connectivity index (χ0v) is 16.1. The van der Waals surface area contributed by atoms with E-state index in [0.29, 0.717) is 12.3 Å². The van der Waals surface area contributed by atoms with Crippen LogP contribution in [-0.4, -0.2) is 47.7 Å². The minimum absolute atomic E-state index is 0.152. The van der Waals surface area contributed by atoms with Crippen LogP contribution in [0.4, 0.5) is 11.4 Å². The highest BCUT2D eigenvalue weighted by Gasteiger charge is 2.24. The Labute approximate surface area is 155 Å². The van der Waals surface area contributed by atoms with Gasteiger partial charge in [-0.2, -0.15) is 0 Å². The number of fused-ring (bicyclic) bond motifs is 1. The van der Waals surface area contributed by atoms with Crippen molar-refractivity contribution >= 4 is 44.2 Å². The molecule has 1 fully saturated rings. The molecule has 3 rings (SSSR count). The van der Waals surface area contributed by atoms with Crippen molar-refractivity contribution in [1.29, 1.82) is 0 Å². The smallest absolute Gasteiger partial charge is 0.253 e. The van der Waals surface area contributed by atoms with Crippen molar-refractivity contribution in [2.75, 3.05) is 29.9 Å². The Hall–Kier alpha value is -1.64. The third-order valence-corrected chi connectivity index (χ3v) is 5.03. The number of rotatable bonds is 5. The van der Waals surface area contributed by atoms with Gasteiger partial charge in [0.05, 0.1) is 21.2 Å². The summed E-state index contributed by atoms with van der Waals surface area (Å²) in [6.07, 6.45) is 5.12. The number of amides is 1. The lowest BCUT2D eigenvalue weighted by Gasteiger charge is -2.33. The second-order valence-corrected chi connectivity index (χ2v) is 7.17. The molecule has 2 aromatic rings. The molecule has 7 nitrogen and oxygen atoms in total. The zero-order chi connectivity index (χ0) is 18.0. The molecule has 0 radical (unpaired) electrons. The van der Waals surface area contributed by atoms with Crippen molar-refractivity contribution in [3.8, 4) is 0 Å². The van der Waals surface area contributed by atoms with Gasteiger partial charge in [0.1, 0.15) is 11.8 Å². The number of nitrogens with one attached hydrogen (secondary N) is 2. The maximum Gasteiger partial charge on any atom is 0.253 e. The van der Waals surface area contributed by atoms with Crippen molar-refractivity contribution < 1.29 is 9.53 Å². The molecule has 8 heteroatoms. The van der Waals surface area contributed by atoms with E-state index < -0.39 is 6.10 Å². The molecule has 136 valence electrons. The molecular formula is C17H24BrN5O2. The number of carbonyl (C=O) groups excluding carboxylic acids is 1. The molecule has 4 N–H and O–H groups in total. The van der Waals surface area contributed by atoms with Crippen molar-refractivity contribution in [2.24, 2.45) is 5.73 Å². The summed E-state index contributed by atoms with van der Waals surface area (Å²) >= 11 is 3.62. The van der Waals surface area contributed by atoms with Crippen molar-refractivity contribution in [3.05, 3.63) is 16.9 Å². The highest BCUT2D eigenvalue weighted by molar-refractivity contribution is 9.10. The SMILES string of the molecule is CCO[C@H](C)C(=O)Nc1c[nH]c2ncc(Br)c(N3CCC[C@@H](N)C3)c12. The highest BCUT2D eigenvalue weighted by atomic mass is 79.9. The predicted molar refractivity (Wildman–Crippen MR) is 103 cm³/mol. The molecule has 3 heterocycles. The largest absolute Gasteiger partial charge is 0.369 e. The lowest BCUT2D eigenvalue weighted by molar-refractivity contribution is -0.126. The molecule has 25 heavy (non-hydrogen) atoms. The number of piperidine rings is 1. The number of ether oxygens (including phenoxy) is 1. The Balaban J connectivity index is 1.98. The number of H-pyrrole nitrogens is 1. The van der Waals surface area contributed by atoms with Gasteiger partial charge in [0, 0.05) is 38.1 Å². The first kappa shape index (κ1) is 18.2. The maximum absolute atomic E-state index is 12.4. The lowest BCUT2D eigenvalue weighted by Crippen LogP contribution is -2.43. The van der Waals surface area contributed by atoms with Crippen LogP contribution in [0.15, 0.2) is 16.9 Å². The number of aromatic amines is 1. The normalized spacial score (nSPS) is 19.2. The van der Waals surface area contributed by atoms with E-state index in [1.54, 1.807) is 19.3 Å². The summed E-state index contributed by atoms with van der Waals surface area (Å²) in [5.41, 5.74) is 8.61. The van der Waals surface area contributed by atoms with E-state index in [9.17, 15) is 4.79 Å². The van der Waals surface area contributed by atoms with Gasteiger partial charge in [-0.25, -0.2) is 4.98 Å². The van der Waals surface area contributed by atoms with Crippen LogP contribution in [0, 0.1) is 0 Å². The number of halogens is 1. The molecule has 0 spiro atoms. The van der Waals surface area contributed by atoms with Gasteiger partial charge in [-0.05, 0) is 42.6 Å². The van der Waals surface area contributed by atoms with E-state index in [0.717, 1.165) is 47.1 Å². The Kier molecular flexibility index (Phi) is 5.61. The third kappa shape index (κ3) is 3.80. The number of hydrogen-bond donors (Lipinski definition) is 3. The first-order valence-corrected chi connectivity index (χ1v) is 9.39. The molecule has 1 amide bonds. The zero-order valence-electron chi connectivity index (χ0n) is 14.5.